The third kappa shape index (κ3) is 4.47. The van der Waals surface area contributed by atoms with Crippen LogP contribution in [0.2, 0.25) is 0 Å². The molecule has 2 amide bonds. The van der Waals surface area contributed by atoms with Crippen LogP contribution < -0.4 is 5.32 Å². The highest BCUT2D eigenvalue weighted by molar-refractivity contribution is 7.18. The highest BCUT2D eigenvalue weighted by Gasteiger charge is 2.31. The Bertz CT molecular complexity index is 870. The lowest BCUT2D eigenvalue weighted by molar-refractivity contribution is -0.137. The Morgan fingerprint density at radius 2 is 2.04 bits per heavy atom. The average molecular weight is 397 g/mol. The van der Waals surface area contributed by atoms with Crippen LogP contribution in [0.4, 0.5) is 13.2 Å². The summed E-state index contributed by atoms with van der Waals surface area (Å²) in [6, 6.07) is 3.61. The van der Waals surface area contributed by atoms with Gasteiger partial charge in [0.15, 0.2) is 0 Å². The minimum absolute atomic E-state index is 0.0725. The normalized spacial score (nSPS) is 15.7. The number of thiazole rings is 1. The van der Waals surface area contributed by atoms with Crippen LogP contribution in [0.1, 0.15) is 29.3 Å². The van der Waals surface area contributed by atoms with E-state index in [0.717, 1.165) is 27.9 Å². The van der Waals surface area contributed by atoms with E-state index in [-0.39, 0.29) is 18.4 Å². The molecular weight excluding hydrogens is 379 g/mol. The molecule has 0 atom stereocenters. The predicted octanol–water partition coefficient (Wildman–Crippen LogP) is 3.32. The average Bonchev–Trinajstić information content (AvgIpc) is 3.08. The molecule has 0 spiro atoms. The molecule has 1 aromatic heterocycles. The first kappa shape index (κ1) is 19.3. The number of piperidine rings is 1. The second-order valence-corrected chi connectivity index (χ2v) is 7.37. The third-order valence-corrected chi connectivity index (χ3v) is 5.73. The van der Waals surface area contributed by atoms with Crippen molar-refractivity contribution in [2.45, 2.75) is 24.9 Å². The van der Waals surface area contributed by atoms with Gasteiger partial charge >= 0.3 is 6.18 Å². The van der Waals surface area contributed by atoms with Crippen molar-refractivity contribution >= 4 is 33.4 Å². The number of aromatic nitrogens is 1. The number of hydrogen-bond donors (Lipinski definition) is 1. The van der Waals surface area contributed by atoms with E-state index >= 15 is 0 Å². The maximum Gasteiger partial charge on any atom is 0.416 e. The summed E-state index contributed by atoms with van der Waals surface area (Å²) in [5.74, 6) is -0.447. The SMILES string of the molecule is C=CC(=O)NCC(=O)N1CCC(c2nc3cc(C(F)(F)F)ccc3s2)CC1. The van der Waals surface area contributed by atoms with Gasteiger partial charge in [-0.2, -0.15) is 13.2 Å². The highest BCUT2D eigenvalue weighted by Crippen LogP contribution is 2.36. The number of nitrogens with zero attached hydrogens (tertiary/aromatic N) is 2. The Balaban J connectivity index is 1.63. The van der Waals surface area contributed by atoms with Crippen molar-refractivity contribution in [2.75, 3.05) is 19.6 Å². The van der Waals surface area contributed by atoms with Crippen molar-refractivity contribution < 1.29 is 22.8 Å². The number of fused-ring (bicyclic) bond motifs is 1. The third-order valence-electron chi connectivity index (χ3n) is 4.53. The van der Waals surface area contributed by atoms with Crippen LogP contribution in [0.3, 0.4) is 0 Å². The van der Waals surface area contributed by atoms with Crippen LogP contribution in [0.15, 0.2) is 30.9 Å². The monoisotopic (exact) mass is 397 g/mol. The van der Waals surface area contributed by atoms with Gasteiger partial charge in [-0.05, 0) is 37.1 Å². The summed E-state index contributed by atoms with van der Waals surface area (Å²) < 4.78 is 39.2. The molecule has 0 unspecified atom stereocenters. The molecule has 0 radical (unpaired) electrons. The lowest BCUT2D eigenvalue weighted by Crippen LogP contribution is -2.43. The van der Waals surface area contributed by atoms with Crippen LogP contribution in [-0.2, 0) is 15.8 Å². The Hall–Kier alpha value is -2.42. The van der Waals surface area contributed by atoms with Crippen molar-refractivity contribution in [3.8, 4) is 0 Å². The Morgan fingerprint density at radius 3 is 2.67 bits per heavy atom. The summed E-state index contributed by atoms with van der Waals surface area (Å²) in [5.41, 5.74) is -0.343. The van der Waals surface area contributed by atoms with Crippen LogP contribution in [-0.4, -0.2) is 41.3 Å². The van der Waals surface area contributed by atoms with E-state index in [1.54, 1.807) is 4.90 Å². The second kappa shape index (κ2) is 7.67. The second-order valence-electron chi connectivity index (χ2n) is 6.31. The molecule has 9 heteroatoms. The number of nitrogens with one attached hydrogen (secondary N) is 1. The standard InChI is InChI=1S/C18H18F3N3O2S/c1-2-15(25)22-10-16(26)24-7-5-11(6-8-24)17-23-13-9-12(18(19,20)21)3-4-14(13)27-17/h2-4,9,11H,1,5-8,10H2,(H,22,25). The topological polar surface area (TPSA) is 62.3 Å². The van der Waals surface area contributed by atoms with Gasteiger partial charge in [0.2, 0.25) is 11.8 Å². The largest absolute Gasteiger partial charge is 0.416 e. The van der Waals surface area contributed by atoms with Crippen molar-refractivity contribution in [3.63, 3.8) is 0 Å². The molecule has 1 aliphatic rings. The minimum Gasteiger partial charge on any atom is -0.343 e. The number of rotatable bonds is 4. The fourth-order valence-corrected chi connectivity index (χ4v) is 4.14. The number of hydrogen-bond acceptors (Lipinski definition) is 4. The van der Waals surface area contributed by atoms with E-state index in [2.05, 4.69) is 16.9 Å². The molecule has 1 fully saturated rings. The molecule has 1 aromatic carbocycles. The summed E-state index contributed by atoms with van der Waals surface area (Å²) in [5, 5.41) is 3.26. The van der Waals surface area contributed by atoms with Gasteiger partial charge in [0.05, 0.1) is 27.3 Å². The lowest BCUT2D eigenvalue weighted by atomic mass is 9.97. The molecular formula is C18H18F3N3O2S. The Labute approximate surface area is 157 Å². The summed E-state index contributed by atoms with van der Waals surface area (Å²) in [7, 11) is 0. The van der Waals surface area contributed by atoms with E-state index in [4.69, 9.17) is 0 Å². The predicted molar refractivity (Wildman–Crippen MR) is 96.4 cm³/mol. The van der Waals surface area contributed by atoms with Crippen LogP contribution in [0.5, 0.6) is 0 Å². The van der Waals surface area contributed by atoms with Crippen LogP contribution in [0, 0.1) is 0 Å². The van der Waals surface area contributed by atoms with E-state index in [9.17, 15) is 22.8 Å². The fraction of sp³-hybridized carbons (Fsp3) is 0.389. The van der Waals surface area contributed by atoms with Gasteiger partial charge in [-0.25, -0.2) is 4.98 Å². The molecule has 5 nitrogen and oxygen atoms in total. The first-order chi connectivity index (χ1) is 12.8. The first-order valence-corrected chi connectivity index (χ1v) is 9.25. The van der Waals surface area contributed by atoms with Gasteiger partial charge < -0.3 is 10.2 Å². The first-order valence-electron chi connectivity index (χ1n) is 8.43. The zero-order valence-electron chi connectivity index (χ0n) is 14.4. The lowest BCUT2D eigenvalue weighted by Gasteiger charge is -2.31. The van der Waals surface area contributed by atoms with Gasteiger partial charge in [0.1, 0.15) is 0 Å². The molecule has 27 heavy (non-hydrogen) atoms. The number of likely N-dealkylation sites (tertiary alicyclic amines) is 1. The van der Waals surface area contributed by atoms with Gasteiger partial charge in [-0.3, -0.25) is 9.59 Å². The van der Waals surface area contributed by atoms with Crippen LogP contribution in [0.25, 0.3) is 10.2 Å². The van der Waals surface area contributed by atoms with Crippen molar-refractivity contribution in [3.05, 3.63) is 41.4 Å². The Morgan fingerprint density at radius 1 is 1.33 bits per heavy atom. The van der Waals surface area contributed by atoms with E-state index in [1.807, 2.05) is 0 Å². The molecule has 2 aromatic rings. The van der Waals surface area contributed by atoms with E-state index < -0.39 is 17.6 Å². The molecule has 1 N–H and O–H groups in total. The summed E-state index contributed by atoms with van der Waals surface area (Å²) in [6.45, 7) is 4.30. The van der Waals surface area contributed by atoms with Crippen molar-refractivity contribution in [1.82, 2.24) is 15.2 Å². The summed E-state index contributed by atoms with van der Waals surface area (Å²) >= 11 is 1.40. The molecule has 0 bridgehead atoms. The zero-order valence-corrected chi connectivity index (χ0v) is 15.2. The molecule has 0 saturated carbocycles. The van der Waals surface area contributed by atoms with Gasteiger partial charge in [-0.1, -0.05) is 6.58 Å². The van der Waals surface area contributed by atoms with Gasteiger partial charge in [0, 0.05) is 19.0 Å². The minimum atomic E-state index is -4.38. The van der Waals surface area contributed by atoms with E-state index in [0.29, 0.717) is 31.4 Å². The molecule has 3 rings (SSSR count). The molecule has 0 aliphatic carbocycles. The number of amides is 2. The van der Waals surface area contributed by atoms with Crippen molar-refractivity contribution in [1.29, 1.82) is 0 Å². The van der Waals surface area contributed by atoms with Gasteiger partial charge in [-0.15, -0.1) is 11.3 Å². The summed E-state index contributed by atoms with van der Waals surface area (Å²) in [4.78, 5) is 29.3. The molecule has 2 heterocycles. The molecule has 1 aliphatic heterocycles. The van der Waals surface area contributed by atoms with Crippen molar-refractivity contribution in [2.24, 2.45) is 0 Å². The molecule has 144 valence electrons. The van der Waals surface area contributed by atoms with Crippen LogP contribution >= 0.6 is 11.3 Å². The van der Waals surface area contributed by atoms with Gasteiger partial charge in [0.25, 0.3) is 0 Å². The number of alkyl halides is 3. The highest BCUT2D eigenvalue weighted by atomic mass is 32.1. The fourth-order valence-electron chi connectivity index (χ4n) is 3.02. The maximum atomic E-state index is 12.8. The van der Waals surface area contributed by atoms with E-state index in [1.165, 1.54) is 17.4 Å². The smallest absolute Gasteiger partial charge is 0.343 e. The number of benzene rings is 1. The quantitative estimate of drug-likeness (QED) is 0.805. The number of carbonyl (C=O) groups excluding carboxylic acids is 2. The number of carbonyl (C=O) groups is 2. The zero-order chi connectivity index (χ0) is 19.6. The summed E-state index contributed by atoms with van der Waals surface area (Å²) in [6.07, 6.45) is -1.90. The maximum absolute atomic E-state index is 12.8. The number of halogens is 3. The molecule has 1 saturated heterocycles. The Kier molecular flexibility index (Phi) is 5.50.